The van der Waals surface area contributed by atoms with Crippen LogP contribution in [0.2, 0.25) is 0 Å². The summed E-state index contributed by atoms with van der Waals surface area (Å²) in [4.78, 5) is 0. The van der Waals surface area contributed by atoms with Crippen molar-refractivity contribution in [3.8, 4) is 34.5 Å². The van der Waals surface area contributed by atoms with E-state index in [2.05, 4.69) is 0 Å². The number of hydrogen-bond donors (Lipinski definition) is 0. The van der Waals surface area contributed by atoms with E-state index in [9.17, 15) is 21.6 Å². The molecule has 0 saturated carbocycles. The van der Waals surface area contributed by atoms with Crippen LogP contribution in [-0.4, -0.2) is 42.4 Å². The molecule has 0 N–H and O–H groups in total. The summed E-state index contributed by atoms with van der Waals surface area (Å²) < 4.78 is 99.0. The molecular formula is C35H35F3O8S. The van der Waals surface area contributed by atoms with Crippen LogP contribution in [0.3, 0.4) is 0 Å². The molecule has 1 aliphatic heterocycles. The van der Waals surface area contributed by atoms with E-state index in [1.165, 1.54) is 26.4 Å². The molecule has 4 aromatic carbocycles. The lowest BCUT2D eigenvalue weighted by atomic mass is 9.82. The maximum Gasteiger partial charge on any atom is 0.534 e. The number of hydrogen-bond acceptors (Lipinski definition) is 8. The van der Waals surface area contributed by atoms with Gasteiger partial charge in [0.1, 0.15) is 29.1 Å². The molecule has 4 aromatic rings. The molecule has 250 valence electrons. The molecule has 0 amide bonds. The van der Waals surface area contributed by atoms with Crippen LogP contribution in [-0.2, 0) is 23.0 Å². The summed E-state index contributed by atoms with van der Waals surface area (Å²) >= 11 is 0. The van der Waals surface area contributed by atoms with Crippen molar-refractivity contribution in [2.45, 2.75) is 43.2 Å². The highest BCUT2D eigenvalue weighted by Gasteiger charge is 2.49. The number of alkyl halides is 3. The summed E-state index contributed by atoms with van der Waals surface area (Å²) in [7, 11) is 0.142. The second kappa shape index (κ2) is 14.0. The summed E-state index contributed by atoms with van der Waals surface area (Å²) in [6, 6.07) is 22.6. The highest BCUT2D eigenvalue weighted by atomic mass is 32.2. The molecule has 0 spiro atoms. The van der Waals surface area contributed by atoms with Crippen LogP contribution in [0.1, 0.15) is 52.7 Å². The maximum atomic E-state index is 13.5. The summed E-state index contributed by atoms with van der Waals surface area (Å²) in [5.41, 5.74) is -2.31. The zero-order valence-corrected chi connectivity index (χ0v) is 27.1. The van der Waals surface area contributed by atoms with Crippen molar-refractivity contribution in [1.29, 1.82) is 0 Å². The summed E-state index contributed by atoms with van der Waals surface area (Å²) in [5.74, 6) is 1.25. The lowest BCUT2D eigenvalue weighted by Gasteiger charge is -2.33. The van der Waals surface area contributed by atoms with Crippen LogP contribution in [0.5, 0.6) is 34.5 Å². The fourth-order valence-electron chi connectivity index (χ4n) is 5.91. The minimum Gasteiger partial charge on any atom is -0.496 e. The minimum atomic E-state index is -5.96. The summed E-state index contributed by atoms with van der Waals surface area (Å²) in [5, 5.41) is 0. The van der Waals surface area contributed by atoms with Gasteiger partial charge in [0.2, 0.25) is 0 Å². The second-order valence-corrected chi connectivity index (χ2v) is 12.4. The fourth-order valence-corrected chi connectivity index (χ4v) is 6.39. The molecule has 0 aromatic heterocycles. The van der Waals surface area contributed by atoms with E-state index in [1.54, 1.807) is 38.5 Å². The highest BCUT2D eigenvalue weighted by Crippen LogP contribution is 2.52. The zero-order chi connectivity index (χ0) is 33.8. The van der Waals surface area contributed by atoms with Gasteiger partial charge in [-0.1, -0.05) is 54.6 Å². The molecule has 1 heterocycles. The standard InChI is InChI=1S/C35H35F3O8S/c1-41-29-18-15-23(20-31(29)43-3)27-19-17-26-30(42-2)21-32(44-4)33(34(26)45-27)25(16-14-22-10-6-5-7-11-22)24-12-8-9-13-28(24)46-47(39,40)35(36,37)38/h5-13,15,18,20-21,25,27H,14,16-17,19H2,1-4H3/t25-,27+/m1/s1. The van der Waals surface area contributed by atoms with Crippen LogP contribution < -0.4 is 27.9 Å². The Kier molecular flexibility index (Phi) is 10.1. The molecule has 0 radical (unpaired) electrons. The van der Waals surface area contributed by atoms with E-state index in [0.717, 1.165) is 16.7 Å². The van der Waals surface area contributed by atoms with Gasteiger partial charge in [0.25, 0.3) is 0 Å². The second-order valence-electron chi connectivity index (χ2n) is 10.9. The number of fused-ring (bicyclic) bond motifs is 1. The van der Waals surface area contributed by atoms with Crippen molar-refractivity contribution in [3.05, 3.63) is 107 Å². The molecule has 47 heavy (non-hydrogen) atoms. The van der Waals surface area contributed by atoms with E-state index in [0.29, 0.717) is 60.0 Å². The predicted octanol–water partition coefficient (Wildman–Crippen LogP) is 7.78. The van der Waals surface area contributed by atoms with Crippen molar-refractivity contribution >= 4 is 10.1 Å². The Hall–Kier alpha value is -4.58. The molecular weight excluding hydrogens is 637 g/mol. The van der Waals surface area contributed by atoms with Crippen molar-refractivity contribution in [1.82, 2.24) is 0 Å². The largest absolute Gasteiger partial charge is 0.534 e. The quantitative estimate of drug-likeness (QED) is 0.111. The molecule has 0 bridgehead atoms. The lowest BCUT2D eigenvalue weighted by molar-refractivity contribution is -0.0500. The van der Waals surface area contributed by atoms with Crippen molar-refractivity contribution in [2.24, 2.45) is 0 Å². The summed E-state index contributed by atoms with van der Waals surface area (Å²) in [6.45, 7) is 0. The third kappa shape index (κ3) is 7.07. The van der Waals surface area contributed by atoms with Crippen LogP contribution in [0, 0.1) is 0 Å². The first-order valence-electron chi connectivity index (χ1n) is 14.8. The Morgan fingerprint density at radius 2 is 1.45 bits per heavy atom. The van der Waals surface area contributed by atoms with E-state index in [-0.39, 0.29) is 5.56 Å². The minimum absolute atomic E-state index is 0.221. The molecule has 8 nitrogen and oxygen atoms in total. The van der Waals surface area contributed by atoms with Gasteiger partial charge >= 0.3 is 15.6 Å². The average Bonchev–Trinajstić information content (AvgIpc) is 3.08. The van der Waals surface area contributed by atoms with Gasteiger partial charge in [-0.2, -0.15) is 21.6 Å². The molecule has 12 heteroatoms. The Morgan fingerprint density at radius 1 is 0.787 bits per heavy atom. The van der Waals surface area contributed by atoms with Gasteiger partial charge < -0.3 is 27.9 Å². The number of benzene rings is 4. The first kappa shape index (κ1) is 33.8. The number of ether oxygens (including phenoxy) is 5. The molecule has 0 saturated heterocycles. The smallest absolute Gasteiger partial charge is 0.496 e. The third-order valence-electron chi connectivity index (χ3n) is 8.17. The van der Waals surface area contributed by atoms with E-state index < -0.39 is 33.4 Å². The average molecular weight is 673 g/mol. The SMILES string of the molecule is COc1ccc([C@@H]2CCc3c(OC)cc(OC)c([C@H](CCc4ccccc4)c4ccccc4OS(=O)(=O)C(F)(F)F)c3O2)cc1OC. The number of para-hydroxylation sites is 1. The molecule has 5 rings (SSSR count). The Labute approximate surface area is 272 Å². The van der Waals surface area contributed by atoms with Crippen LogP contribution >= 0.6 is 0 Å². The number of methoxy groups -OCH3 is 4. The Balaban J connectivity index is 1.69. The molecule has 0 unspecified atom stereocenters. The normalized spacial score (nSPS) is 15.2. The Morgan fingerprint density at radius 3 is 2.11 bits per heavy atom. The van der Waals surface area contributed by atoms with Crippen LogP contribution in [0.25, 0.3) is 0 Å². The van der Waals surface area contributed by atoms with Gasteiger partial charge in [0, 0.05) is 28.7 Å². The first-order valence-corrected chi connectivity index (χ1v) is 16.2. The van der Waals surface area contributed by atoms with Crippen molar-refractivity contribution in [2.75, 3.05) is 28.4 Å². The van der Waals surface area contributed by atoms with Gasteiger partial charge in [-0.3, -0.25) is 0 Å². The van der Waals surface area contributed by atoms with Gasteiger partial charge in [-0.05, 0) is 55.0 Å². The van der Waals surface area contributed by atoms with Gasteiger partial charge in [-0.25, -0.2) is 0 Å². The monoisotopic (exact) mass is 672 g/mol. The Bertz CT molecular complexity index is 1810. The fraction of sp³-hybridized carbons (Fsp3) is 0.314. The van der Waals surface area contributed by atoms with E-state index >= 15 is 0 Å². The van der Waals surface area contributed by atoms with Crippen molar-refractivity contribution < 1.29 is 49.5 Å². The number of halogens is 3. The zero-order valence-electron chi connectivity index (χ0n) is 26.3. The molecule has 0 fully saturated rings. The highest BCUT2D eigenvalue weighted by molar-refractivity contribution is 7.88. The molecule has 0 aliphatic carbocycles. The van der Waals surface area contributed by atoms with Crippen molar-refractivity contribution in [3.63, 3.8) is 0 Å². The van der Waals surface area contributed by atoms with Gasteiger partial charge in [-0.15, -0.1) is 0 Å². The lowest BCUT2D eigenvalue weighted by Crippen LogP contribution is -2.28. The summed E-state index contributed by atoms with van der Waals surface area (Å²) in [6.07, 6.45) is 1.53. The van der Waals surface area contributed by atoms with E-state index in [1.807, 2.05) is 42.5 Å². The van der Waals surface area contributed by atoms with Crippen LogP contribution in [0.4, 0.5) is 13.2 Å². The first-order chi connectivity index (χ1) is 22.5. The predicted molar refractivity (Wildman–Crippen MR) is 169 cm³/mol. The van der Waals surface area contributed by atoms with Crippen LogP contribution in [0.15, 0.2) is 78.9 Å². The topological polar surface area (TPSA) is 89.5 Å². The van der Waals surface area contributed by atoms with Gasteiger partial charge in [0.05, 0.1) is 28.4 Å². The maximum absolute atomic E-state index is 13.5. The number of aryl methyl sites for hydroxylation is 1. The van der Waals surface area contributed by atoms with E-state index in [4.69, 9.17) is 27.9 Å². The number of rotatable bonds is 12. The molecule has 2 atom stereocenters. The molecule has 1 aliphatic rings. The third-order valence-corrected chi connectivity index (χ3v) is 9.14. The van der Waals surface area contributed by atoms with Gasteiger partial charge in [0.15, 0.2) is 11.5 Å².